The summed E-state index contributed by atoms with van der Waals surface area (Å²) in [6.07, 6.45) is 8.23. The number of pyridine rings is 1. The van der Waals surface area contributed by atoms with Gasteiger partial charge in [-0.15, -0.1) is 0 Å². The largest absolute Gasteiger partial charge is 1.00 e. The summed E-state index contributed by atoms with van der Waals surface area (Å²) in [5, 5.41) is 6.07. The van der Waals surface area contributed by atoms with Gasteiger partial charge in [0.25, 0.3) is 0 Å². The van der Waals surface area contributed by atoms with Crippen LogP contribution in [0.2, 0.25) is 0 Å². The number of hydrogen-bond acceptors (Lipinski definition) is 4. The molecule has 2 aliphatic heterocycles. The molecule has 31 heavy (non-hydrogen) atoms. The Morgan fingerprint density at radius 1 is 1.06 bits per heavy atom. The smallest absolute Gasteiger partial charge is 0.231 e. The van der Waals surface area contributed by atoms with Gasteiger partial charge in [-0.3, -0.25) is 0 Å². The van der Waals surface area contributed by atoms with Crippen molar-refractivity contribution >= 4 is 16.5 Å². The minimum Gasteiger partial charge on any atom is -1.00 e. The van der Waals surface area contributed by atoms with Gasteiger partial charge in [0.15, 0.2) is 24.2 Å². The summed E-state index contributed by atoms with van der Waals surface area (Å²) in [5.74, 6) is 2.60. The molecular formula is C25H29ClN2O3. The van der Waals surface area contributed by atoms with Gasteiger partial charge < -0.3 is 31.9 Å². The minimum absolute atomic E-state index is 0. The number of hydrogen-bond donors (Lipinski definition) is 1. The van der Waals surface area contributed by atoms with E-state index in [0.717, 1.165) is 42.4 Å². The summed E-state index contributed by atoms with van der Waals surface area (Å²) >= 11 is 0. The molecule has 164 valence electrons. The zero-order valence-corrected chi connectivity index (χ0v) is 18.9. The highest BCUT2D eigenvalue weighted by Gasteiger charge is 2.28. The van der Waals surface area contributed by atoms with Crippen LogP contribution in [0.3, 0.4) is 0 Å². The zero-order valence-electron chi connectivity index (χ0n) is 18.2. The lowest BCUT2D eigenvalue weighted by molar-refractivity contribution is -0.686. The first-order valence-corrected chi connectivity index (χ1v) is 11.0. The molecule has 6 heteroatoms. The maximum Gasteiger partial charge on any atom is 0.231 e. The van der Waals surface area contributed by atoms with Crippen LogP contribution >= 0.6 is 0 Å². The van der Waals surface area contributed by atoms with E-state index in [1.165, 1.54) is 53.3 Å². The Morgan fingerprint density at radius 2 is 1.90 bits per heavy atom. The molecule has 0 aliphatic carbocycles. The number of methoxy groups -OCH3 is 1. The number of benzene rings is 2. The summed E-state index contributed by atoms with van der Waals surface area (Å²) in [7, 11) is 1.74. The molecule has 2 aliphatic rings. The second-order valence-electron chi connectivity index (χ2n) is 8.10. The minimum atomic E-state index is 0. The number of anilines is 1. The van der Waals surface area contributed by atoms with Crippen molar-refractivity contribution in [2.45, 2.75) is 45.6 Å². The fourth-order valence-corrected chi connectivity index (χ4v) is 4.54. The lowest BCUT2D eigenvalue weighted by atomic mass is 9.95. The Kier molecular flexibility index (Phi) is 6.42. The van der Waals surface area contributed by atoms with Crippen LogP contribution in [0.15, 0.2) is 36.5 Å². The van der Waals surface area contributed by atoms with Crippen molar-refractivity contribution in [3.8, 4) is 28.5 Å². The predicted octanol–water partition coefficient (Wildman–Crippen LogP) is 2.08. The molecule has 5 rings (SSSR count). The normalized spacial score (nSPS) is 13.4. The molecule has 1 N–H and O–H groups in total. The van der Waals surface area contributed by atoms with Gasteiger partial charge in [0.05, 0.1) is 23.7 Å². The van der Waals surface area contributed by atoms with Crippen molar-refractivity contribution in [1.82, 2.24) is 0 Å². The van der Waals surface area contributed by atoms with Crippen LogP contribution in [0.1, 0.15) is 38.2 Å². The third-order valence-corrected chi connectivity index (χ3v) is 6.18. The Morgan fingerprint density at radius 3 is 2.71 bits per heavy atom. The Balaban J connectivity index is 0.00000231. The van der Waals surface area contributed by atoms with Gasteiger partial charge >= 0.3 is 0 Å². The van der Waals surface area contributed by atoms with Crippen molar-refractivity contribution in [1.29, 1.82) is 0 Å². The van der Waals surface area contributed by atoms with Gasteiger partial charge in [0.1, 0.15) is 5.75 Å². The Bertz CT molecular complexity index is 1100. The van der Waals surface area contributed by atoms with E-state index in [0.29, 0.717) is 6.79 Å². The molecule has 5 nitrogen and oxygen atoms in total. The predicted molar refractivity (Wildman–Crippen MR) is 119 cm³/mol. The van der Waals surface area contributed by atoms with Crippen LogP contribution in [-0.2, 0) is 13.0 Å². The maximum atomic E-state index is 5.68. The van der Waals surface area contributed by atoms with Gasteiger partial charge in [-0.1, -0.05) is 32.3 Å². The average molecular weight is 441 g/mol. The highest BCUT2D eigenvalue weighted by atomic mass is 35.5. The van der Waals surface area contributed by atoms with E-state index in [9.17, 15) is 0 Å². The van der Waals surface area contributed by atoms with Crippen molar-refractivity contribution in [3.63, 3.8) is 0 Å². The molecule has 0 spiro atoms. The van der Waals surface area contributed by atoms with E-state index in [-0.39, 0.29) is 12.4 Å². The van der Waals surface area contributed by atoms with Gasteiger partial charge in [-0.25, -0.2) is 0 Å². The van der Waals surface area contributed by atoms with Crippen molar-refractivity contribution in [3.05, 3.63) is 42.1 Å². The number of unbranched alkanes of at least 4 members (excludes halogenated alkanes) is 3. The summed E-state index contributed by atoms with van der Waals surface area (Å²) < 4.78 is 19.2. The molecular weight excluding hydrogens is 412 g/mol. The maximum absolute atomic E-state index is 5.68. The van der Waals surface area contributed by atoms with Crippen molar-refractivity contribution in [2.75, 3.05) is 25.8 Å². The molecule has 2 aromatic carbocycles. The molecule has 0 atom stereocenters. The second kappa shape index (κ2) is 9.23. The molecule has 0 radical (unpaired) electrons. The number of aromatic nitrogens is 1. The summed E-state index contributed by atoms with van der Waals surface area (Å²) in [6.45, 7) is 4.46. The molecule has 3 aromatic rings. The van der Waals surface area contributed by atoms with E-state index in [2.05, 4.69) is 53.3 Å². The first kappa shape index (κ1) is 21.6. The quantitative estimate of drug-likeness (QED) is 0.451. The lowest BCUT2D eigenvalue weighted by Crippen LogP contribution is -3.00. The van der Waals surface area contributed by atoms with Crippen LogP contribution < -0.4 is 36.5 Å². The number of nitrogens with one attached hydrogen (secondary N) is 1. The van der Waals surface area contributed by atoms with E-state index in [4.69, 9.17) is 14.2 Å². The van der Waals surface area contributed by atoms with Crippen molar-refractivity contribution in [2.24, 2.45) is 0 Å². The molecule has 0 saturated heterocycles. The summed E-state index contributed by atoms with van der Waals surface area (Å²) in [6, 6.07) is 10.8. The molecule has 0 bridgehead atoms. The number of nitrogens with zero attached hydrogens (tertiary/aromatic N) is 1. The van der Waals surface area contributed by atoms with Crippen LogP contribution in [-0.4, -0.2) is 20.4 Å². The SMILES string of the molecule is CCCCCCNc1c(OC)ccc2cc3[n+](cc12)CCc1cc2c(cc1-3)OCO2.[Cl-]. The molecule has 0 unspecified atom stereocenters. The van der Waals surface area contributed by atoms with Gasteiger partial charge in [-0.2, -0.15) is 4.57 Å². The number of aryl methyl sites for hydroxylation is 2. The van der Waals surface area contributed by atoms with E-state index < -0.39 is 0 Å². The summed E-state index contributed by atoms with van der Waals surface area (Å²) in [4.78, 5) is 0. The molecule has 0 fully saturated rings. The van der Waals surface area contributed by atoms with Crippen LogP contribution in [0.4, 0.5) is 5.69 Å². The molecule has 0 saturated carbocycles. The topological polar surface area (TPSA) is 43.6 Å². The number of halogens is 1. The van der Waals surface area contributed by atoms with Crippen molar-refractivity contribution < 1.29 is 31.2 Å². The van der Waals surface area contributed by atoms with E-state index in [1.807, 2.05) is 0 Å². The molecule has 1 aromatic heterocycles. The van der Waals surface area contributed by atoms with E-state index >= 15 is 0 Å². The standard InChI is InChI=1S/C25H28N2O3.ClH/c1-3-4-5-6-10-26-25-20-15-27-11-9-18-13-23-24(30-16-29-23)14-19(18)21(27)12-17(20)7-8-22(25)28-2;/h7-8,12-15H,3-6,9-11,16H2,1-2H3;1H. The fourth-order valence-electron chi connectivity index (χ4n) is 4.54. The third-order valence-electron chi connectivity index (χ3n) is 6.18. The summed E-state index contributed by atoms with van der Waals surface area (Å²) in [5.41, 5.74) is 4.87. The fraction of sp³-hybridized carbons (Fsp3) is 0.400. The first-order chi connectivity index (χ1) is 14.8. The van der Waals surface area contributed by atoms with Gasteiger partial charge in [0, 0.05) is 19.0 Å². The lowest BCUT2D eigenvalue weighted by Gasteiger charge is -2.18. The van der Waals surface area contributed by atoms with Crippen LogP contribution in [0.5, 0.6) is 17.2 Å². The molecule has 3 heterocycles. The van der Waals surface area contributed by atoms with Crippen LogP contribution in [0, 0.1) is 0 Å². The Labute approximate surface area is 189 Å². The number of rotatable bonds is 7. The average Bonchev–Trinajstić information content (AvgIpc) is 3.23. The number of ether oxygens (including phenoxy) is 3. The highest BCUT2D eigenvalue weighted by Crippen LogP contribution is 2.41. The zero-order chi connectivity index (χ0) is 20.5. The van der Waals surface area contributed by atoms with E-state index in [1.54, 1.807) is 7.11 Å². The highest BCUT2D eigenvalue weighted by molar-refractivity contribution is 5.97. The van der Waals surface area contributed by atoms with Crippen LogP contribution in [0.25, 0.3) is 22.0 Å². The Hall–Kier alpha value is -2.66. The monoisotopic (exact) mass is 440 g/mol. The molecule has 0 amide bonds. The second-order valence-corrected chi connectivity index (χ2v) is 8.10. The van der Waals surface area contributed by atoms with Gasteiger partial charge in [-0.05, 0) is 35.6 Å². The third kappa shape index (κ3) is 3.99. The number of fused-ring (bicyclic) bond motifs is 5. The van der Waals surface area contributed by atoms with Gasteiger partial charge in [0.2, 0.25) is 12.5 Å². The first-order valence-electron chi connectivity index (χ1n) is 11.0.